The third-order valence-corrected chi connectivity index (χ3v) is 4.48. The van der Waals surface area contributed by atoms with Gasteiger partial charge in [0, 0.05) is 28.5 Å². The molecule has 6 heteroatoms. The Bertz CT molecular complexity index is 745. The quantitative estimate of drug-likeness (QED) is 0.626. The standard InChI is InChI=1S/C15H12N2O3S/c1-2-16-12-9-10(17(19)20)7-8-14(12)21-13-6-4-3-5-11(13)15(16)18/h3-9H,2H2,1H3. The van der Waals surface area contributed by atoms with Gasteiger partial charge in [0.2, 0.25) is 0 Å². The van der Waals surface area contributed by atoms with Crippen molar-refractivity contribution in [3.63, 3.8) is 0 Å². The molecule has 3 rings (SSSR count). The molecular weight excluding hydrogens is 288 g/mol. The molecular formula is C15H12N2O3S. The zero-order valence-electron chi connectivity index (χ0n) is 11.3. The number of rotatable bonds is 2. The fourth-order valence-electron chi connectivity index (χ4n) is 2.34. The summed E-state index contributed by atoms with van der Waals surface area (Å²) in [6, 6.07) is 12.0. The molecule has 0 atom stereocenters. The number of benzene rings is 2. The molecule has 106 valence electrons. The summed E-state index contributed by atoms with van der Waals surface area (Å²) in [7, 11) is 0. The van der Waals surface area contributed by atoms with Crippen molar-refractivity contribution in [3.8, 4) is 0 Å². The van der Waals surface area contributed by atoms with Crippen LogP contribution in [-0.2, 0) is 0 Å². The molecule has 0 N–H and O–H groups in total. The largest absolute Gasteiger partial charge is 0.307 e. The summed E-state index contributed by atoms with van der Waals surface area (Å²) >= 11 is 1.46. The van der Waals surface area contributed by atoms with E-state index in [1.54, 1.807) is 17.0 Å². The molecule has 1 heterocycles. The lowest BCUT2D eigenvalue weighted by atomic mass is 10.1. The van der Waals surface area contributed by atoms with E-state index in [1.165, 1.54) is 23.9 Å². The zero-order chi connectivity index (χ0) is 15.0. The molecule has 1 aliphatic rings. The third-order valence-electron chi connectivity index (χ3n) is 3.34. The number of carbonyl (C=O) groups excluding carboxylic acids is 1. The van der Waals surface area contributed by atoms with Crippen molar-refractivity contribution in [2.75, 3.05) is 11.4 Å². The number of amides is 1. The summed E-state index contributed by atoms with van der Waals surface area (Å²) < 4.78 is 0. The van der Waals surface area contributed by atoms with E-state index in [2.05, 4.69) is 0 Å². The van der Waals surface area contributed by atoms with Gasteiger partial charge in [0.05, 0.1) is 16.2 Å². The maximum absolute atomic E-state index is 12.7. The predicted molar refractivity (Wildman–Crippen MR) is 81.0 cm³/mol. The molecule has 0 aromatic heterocycles. The highest BCUT2D eigenvalue weighted by Crippen LogP contribution is 2.42. The average Bonchev–Trinajstić information content (AvgIpc) is 2.60. The lowest BCUT2D eigenvalue weighted by Crippen LogP contribution is -2.30. The lowest BCUT2D eigenvalue weighted by Gasteiger charge is -2.20. The Morgan fingerprint density at radius 3 is 2.67 bits per heavy atom. The first kappa shape index (κ1) is 13.6. The number of anilines is 1. The van der Waals surface area contributed by atoms with Crippen LogP contribution in [0.1, 0.15) is 17.3 Å². The smallest absolute Gasteiger partial charge is 0.271 e. The Balaban J connectivity index is 2.21. The molecule has 0 aliphatic carbocycles. The molecule has 0 fully saturated rings. The van der Waals surface area contributed by atoms with Gasteiger partial charge in [-0.05, 0) is 25.1 Å². The molecule has 5 nitrogen and oxygen atoms in total. The van der Waals surface area contributed by atoms with Crippen molar-refractivity contribution in [2.24, 2.45) is 0 Å². The molecule has 1 amide bonds. The highest BCUT2D eigenvalue weighted by atomic mass is 32.2. The van der Waals surface area contributed by atoms with Gasteiger partial charge in [0.15, 0.2) is 0 Å². The first-order valence-electron chi connectivity index (χ1n) is 6.49. The number of non-ortho nitro benzene ring substituents is 1. The number of nitro benzene ring substituents is 1. The molecule has 0 saturated carbocycles. The second kappa shape index (κ2) is 5.21. The second-order valence-electron chi connectivity index (χ2n) is 4.56. The van der Waals surface area contributed by atoms with Crippen LogP contribution in [0.15, 0.2) is 52.3 Å². The highest BCUT2D eigenvalue weighted by molar-refractivity contribution is 7.99. The summed E-state index contributed by atoms with van der Waals surface area (Å²) in [5.74, 6) is -0.125. The lowest BCUT2D eigenvalue weighted by molar-refractivity contribution is -0.384. The monoisotopic (exact) mass is 300 g/mol. The fourth-order valence-corrected chi connectivity index (χ4v) is 3.39. The maximum atomic E-state index is 12.7. The van der Waals surface area contributed by atoms with Crippen LogP contribution in [0.4, 0.5) is 11.4 Å². The van der Waals surface area contributed by atoms with E-state index in [4.69, 9.17) is 0 Å². The molecule has 1 aliphatic heterocycles. The Hall–Kier alpha value is -2.34. The third kappa shape index (κ3) is 2.27. The average molecular weight is 300 g/mol. The molecule has 2 aromatic carbocycles. The Labute approximate surface area is 125 Å². The summed E-state index contributed by atoms with van der Waals surface area (Å²) in [6.07, 6.45) is 0. The minimum atomic E-state index is -0.443. The van der Waals surface area contributed by atoms with Crippen LogP contribution in [0, 0.1) is 10.1 Å². The minimum absolute atomic E-state index is 0.00782. The Kier molecular flexibility index (Phi) is 3.39. The van der Waals surface area contributed by atoms with Crippen molar-refractivity contribution in [1.29, 1.82) is 0 Å². The number of hydrogen-bond acceptors (Lipinski definition) is 4. The maximum Gasteiger partial charge on any atom is 0.271 e. The van der Waals surface area contributed by atoms with Gasteiger partial charge in [0.25, 0.3) is 11.6 Å². The molecule has 2 aromatic rings. The van der Waals surface area contributed by atoms with Gasteiger partial charge >= 0.3 is 0 Å². The van der Waals surface area contributed by atoms with Gasteiger partial charge in [-0.3, -0.25) is 14.9 Å². The highest BCUT2D eigenvalue weighted by Gasteiger charge is 2.27. The van der Waals surface area contributed by atoms with E-state index in [0.29, 0.717) is 17.8 Å². The summed E-state index contributed by atoms with van der Waals surface area (Å²) in [4.78, 5) is 26.5. The number of nitrogens with zero attached hydrogens (tertiary/aromatic N) is 2. The summed E-state index contributed by atoms with van der Waals surface area (Å²) in [6.45, 7) is 2.32. The van der Waals surface area contributed by atoms with Gasteiger partial charge in [-0.25, -0.2) is 0 Å². The van der Waals surface area contributed by atoms with Crippen LogP contribution < -0.4 is 4.90 Å². The first-order valence-corrected chi connectivity index (χ1v) is 7.30. The van der Waals surface area contributed by atoms with Crippen molar-refractivity contribution in [3.05, 3.63) is 58.1 Å². The van der Waals surface area contributed by atoms with Gasteiger partial charge in [0.1, 0.15) is 0 Å². The number of fused-ring (bicyclic) bond motifs is 2. The van der Waals surface area contributed by atoms with Crippen LogP contribution in [-0.4, -0.2) is 17.4 Å². The molecule has 0 bridgehead atoms. The number of hydrogen-bond donors (Lipinski definition) is 0. The van der Waals surface area contributed by atoms with Crippen LogP contribution in [0.5, 0.6) is 0 Å². The van der Waals surface area contributed by atoms with Gasteiger partial charge in [-0.1, -0.05) is 23.9 Å². The van der Waals surface area contributed by atoms with E-state index in [1.807, 2.05) is 25.1 Å². The first-order chi connectivity index (χ1) is 10.1. The van der Waals surface area contributed by atoms with E-state index < -0.39 is 4.92 Å². The van der Waals surface area contributed by atoms with Crippen LogP contribution in [0.2, 0.25) is 0 Å². The topological polar surface area (TPSA) is 63.5 Å². The van der Waals surface area contributed by atoms with Crippen LogP contribution in [0.3, 0.4) is 0 Å². The summed E-state index contributed by atoms with van der Waals surface area (Å²) in [5.41, 5.74) is 1.22. The van der Waals surface area contributed by atoms with Crippen LogP contribution >= 0.6 is 11.8 Å². The SMILES string of the molecule is CCN1C(=O)c2ccccc2Sc2ccc([N+](=O)[O-])cc21. The van der Waals surface area contributed by atoms with Crippen molar-refractivity contribution in [1.82, 2.24) is 0 Å². The number of carbonyl (C=O) groups is 1. The Morgan fingerprint density at radius 2 is 1.95 bits per heavy atom. The normalized spacial score (nSPS) is 13.4. The van der Waals surface area contributed by atoms with Gasteiger partial charge in [-0.15, -0.1) is 0 Å². The molecule has 21 heavy (non-hydrogen) atoms. The number of nitro groups is 1. The van der Waals surface area contributed by atoms with Crippen molar-refractivity contribution >= 4 is 29.0 Å². The van der Waals surface area contributed by atoms with Gasteiger partial charge in [-0.2, -0.15) is 0 Å². The predicted octanol–water partition coefficient (Wildman–Crippen LogP) is 3.73. The van der Waals surface area contributed by atoms with E-state index in [0.717, 1.165) is 9.79 Å². The van der Waals surface area contributed by atoms with Crippen LogP contribution in [0.25, 0.3) is 0 Å². The molecule has 0 spiro atoms. The molecule has 0 saturated heterocycles. The Morgan fingerprint density at radius 1 is 1.19 bits per heavy atom. The fraction of sp³-hybridized carbons (Fsp3) is 0.133. The van der Waals surface area contributed by atoms with E-state index in [9.17, 15) is 14.9 Å². The zero-order valence-corrected chi connectivity index (χ0v) is 12.1. The molecule has 0 radical (unpaired) electrons. The van der Waals surface area contributed by atoms with Crippen molar-refractivity contribution in [2.45, 2.75) is 16.7 Å². The second-order valence-corrected chi connectivity index (χ2v) is 5.64. The minimum Gasteiger partial charge on any atom is -0.307 e. The van der Waals surface area contributed by atoms with E-state index in [-0.39, 0.29) is 11.6 Å². The summed E-state index contributed by atoms with van der Waals surface area (Å²) in [5, 5.41) is 11.0. The molecule has 0 unspecified atom stereocenters. The van der Waals surface area contributed by atoms with Gasteiger partial charge < -0.3 is 4.90 Å². The van der Waals surface area contributed by atoms with E-state index >= 15 is 0 Å². The van der Waals surface area contributed by atoms with Crippen molar-refractivity contribution < 1.29 is 9.72 Å².